The maximum absolute atomic E-state index is 13.7. The van der Waals surface area contributed by atoms with E-state index in [0.717, 1.165) is 5.75 Å². The highest BCUT2D eigenvalue weighted by Gasteiger charge is 2.08. The first-order chi connectivity index (χ1) is 14.1. The van der Waals surface area contributed by atoms with Gasteiger partial charge in [-0.2, -0.15) is 11.8 Å². The minimum Gasteiger partial charge on any atom is -0.351 e. The number of hydrogen-bond donors (Lipinski definition) is 1. The fourth-order valence-electron chi connectivity index (χ4n) is 2.62. The fraction of sp³-hybridized carbons (Fsp3) is 0.174. The quantitative estimate of drug-likeness (QED) is 0.303. The van der Waals surface area contributed by atoms with Crippen molar-refractivity contribution < 1.29 is 9.18 Å². The number of halogens is 2. The Hall–Kier alpha value is -1.95. The van der Waals surface area contributed by atoms with Crippen LogP contribution in [0.1, 0.15) is 21.5 Å². The average Bonchev–Trinajstić information content (AvgIpc) is 2.75. The third kappa shape index (κ3) is 6.81. The number of carbonyl (C=O) groups is 1. The second kappa shape index (κ2) is 11.3. The number of benzene rings is 3. The lowest BCUT2D eigenvalue weighted by atomic mass is 10.1. The van der Waals surface area contributed by atoms with Crippen molar-refractivity contribution >= 4 is 41.0 Å². The van der Waals surface area contributed by atoms with Crippen molar-refractivity contribution in [1.82, 2.24) is 5.32 Å². The van der Waals surface area contributed by atoms with Gasteiger partial charge >= 0.3 is 0 Å². The van der Waals surface area contributed by atoms with Gasteiger partial charge in [0.1, 0.15) is 5.82 Å². The first kappa shape index (κ1) is 21.8. The van der Waals surface area contributed by atoms with Crippen LogP contribution in [-0.4, -0.2) is 18.2 Å². The second-order valence-electron chi connectivity index (χ2n) is 6.31. The van der Waals surface area contributed by atoms with E-state index in [1.54, 1.807) is 23.9 Å². The van der Waals surface area contributed by atoms with Gasteiger partial charge in [-0.25, -0.2) is 4.39 Å². The summed E-state index contributed by atoms with van der Waals surface area (Å²) in [4.78, 5) is 13.5. The molecule has 3 aromatic carbocycles. The van der Waals surface area contributed by atoms with Crippen LogP contribution in [0.3, 0.4) is 0 Å². The molecule has 1 amide bonds. The van der Waals surface area contributed by atoms with Crippen molar-refractivity contribution in [3.63, 3.8) is 0 Å². The number of rotatable bonds is 9. The van der Waals surface area contributed by atoms with E-state index in [4.69, 9.17) is 11.6 Å². The van der Waals surface area contributed by atoms with E-state index in [-0.39, 0.29) is 11.7 Å². The zero-order valence-electron chi connectivity index (χ0n) is 15.7. The highest BCUT2D eigenvalue weighted by molar-refractivity contribution is 7.98. The summed E-state index contributed by atoms with van der Waals surface area (Å²) in [5, 5.41) is 3.34. The Labute approximate surface area is 184 Å². The Bertz CT molecular complexity index is 915. The van der Waals surface area contributed by atoms with Crippen molar-refractivity contribution in [3.05, 3.63) is 100 Å². The standard InChI is InChI=1S/C23H21ClFNOS2/c24-21-7-4-8-22(25)20(21)16-28-14-13-26-23(27)18-11-9-17(10-12-18)15-29-19-5-2-1-3-6-19/h1-12H,13-16H2,(H,26,27). The highest BCUT2D eigenvalue weighted by Crippen LogP contribution is 2.24. The van der Waals surface area contributed by atoms with Crippen LogP contribution in [-0.2, 0) is 11.5 Å². The van der Waals surface area contributed by atoms with Crippen LogP contribution in [0.5, 0.6) is 0 Å². The van der Waals surface area contributed by atoms with E-state index in [9.17, 15) is 9.18 Å². The molecule has 0 aromatic heterocycles. The average molecular weight is 446 g/mol. The molecule has 2 nitrogen and oxygen atoms in total. The van der Waals surface area contributed by atoms with Crippen LogP contribution >= 0.6 is 35.1 Å². The molecule has 150 valence electrons. The number of amides is 1. The van der Waals surface area contributed by atoms with Gasteiger partial charge in [0, 0.05) is 44.8 Å². The summed E-state index contributed by atoms with van der Waals surface area (Å²) < 4.78 is 13.7. The number of thioether (sulfide) groups is 2. The first-order valence-electron chi connectivity index (χ1n) is 9.19. The molecule has 0 heterocycles. The fourth-order valence-corrected chi connectivity index (χ4v) is 4.69. The molecule has 0 spiro atoms. The lowest BCUT2D eigenvalue weighted by Gasteiger charge is -2.08. The third-order valence-electron chi connectivity index (χ3n) is 4.20. The van der Waals surface area contributed by atoms with Gasteiger partial charge in [-0.3, -0.25) is 4.79 Å². The molecule has 0 aliphatic carbocycles. The molecular weight excluding hydrogens is 425 g/mol. The van der Waals surface area contributed by atoms with Gasteiger partial charge in [-0.15, -0.1) is 11.8 Å². The molecule has 0 fully saturated rings. The van der Waals surface area contributed by atoms with Crippen LogP contribution in [0.15, 0.2) is 77.7 Å². The summed E-state index contributed by atoms with van der Waals surface area (Å²) in [6.07, 6.45) is 0. The molecule has 0 unspecified atom stereocenters. The normalized spacial score (nSPS) is 10.7. The smallest absolute Gasteiger partial charge is 0.251 e. The van der Waals surface area contributed by atoms with Gasteiger partial charge in [-0.1, -0.05) is 48.0 Å². The molecule has 0 aliphatic heterocycles. The molecule has 0 saturated heterocycles. The molecular formula is C23H21ClFNOS2. The lowest BCUT2D eigenvalue weighted by Crippen LogP contribution is -2.25. The molecule has 29 heavy (non-hydrogen) atoms. The predicted molar refractivity (Wildman–Crippen MR) is 122 cm³/mol. The number of nitrogens with one attached hydrogen (secondary N) is 1. The second-order valence-corrected chi connectivity index (χ2v) is 8.87. The summed E-state index contributed by atoms with van der Waals surface area (Å²) in [5.74, 6) is 1.63. The summed E-state index contributed by atoms with van der Waals surface area (Å²) in [5.41, 5.74) is 2.32. The van der Waals surface area contributed by atoms with Gasteiger partial charge in [0.05, 0.1) is 0 Å². The van der Waals surface area contributed by atoms with E-state index in [1.165, 1.54) is 28.3 Å². The largest absolute Gasteiger partial charge is 0.351 e. The minimum absolute atomic E-state index is 0.100. The Morgan fingerprint density at radius 3 is 2.41 bits per heavy atom. The summed E-state index contributed by atoms with van der Waals surface area (Å²) in [6.45, 7) is 0.515. The van der Waals surface area contributed by atoms with Gasteiger partial charge in [0.25, 0.3) is 5.91 Å². The van der Waals surface area contributed by atoms with Crippen LogP contribution in [0.4, 0.5) is 4.39 Å². The Balaban J connectivity index is 1.39. The van der Waals surface area contributed by atoms with Gasteiger partial charge < -0.3 is 5.32 Å². The zero-order valence-corrected chi connectivity index (χ0v) is 18.1. The minimum atomic E-state index is -0.292. The molecule has 0 atom stereocenters. The molecule has 0 saturated carbocycles. The molecule has 0 bridgehead atoms. The molecule has 1 N–H and O–H groups in total. The van der Waals surface area contributed by atoms with E-state index >= 15 is 0 Å². The van der Waals surface area contributed by atoms with E-state index < -0.39 is 0 Å². The topological polar surface area (TPSA) is 29.1 Å². The van der Waals surface area contributed by atoms with Crippen LogP contribution in [0.25, 0.3) is 0 Å². The summed E-state index contributed by atoms with van der Waals surface area (Å²) in [6, 6.07) is 22.6. The van der Waals surface area contributed by atoms with Crippen LogP contribution < -0.4 is 5.32 Å². The maximum Gasteiger partial charge on any atom is 0.251 e. The summed E-state index contributed by atoms with van der Waals surface area (Å²) in [7, 11) is 0. The Morgan fingerprint density at radius 1 is 0.931 bits per heavy atom. The monoisotopic (exact) mass is 445 g/mol. The van der Waals surface area contributed by atoms with E-state index in [1.807, 2.05) is 42.5 Å². The molecule has 3 rings (SSSR count). The lowest BCUT2D eigenvalue weighted by molar-refractivity contribution is 0.0956. The van der Waals surface area contributed by atoms with Crippen LogP contribution in [0.2, 0.25) is 5.02 Å². The molecule has 0 aliphatic rings. The molecule has 6 heteroatoms. The van der Waals surface area contributed by atoms with Crippen molar-refractivity contribution in [1.29, 1.82) is 0 Å². The first-order valence-corrected chi connectivity index (χ1v) is 11.7. The Kier molecular flexibility index (Phi) is 8.47. The highest BCUT2D eigenvalue weighted by atomic mass is 35.5. The van der Waals surface area contributed by atoms with Crippen molar-refractivity contribution in [2.45, 2.75) is 16.4 Å². The SMILES string of the molecule is O=C(NCCSCc1c(F)cccc1Cl)c1ccc(CSc2ccccc2)cc1. The zero-order chi connectivity index (χ0) is 20.5. The van der Waals surface area contributed by atoms with E-state index in [0.29, 0.717) is 34.2 Å². The number of hydrogen-bond acceptors (Lipinski definition) is 3. The van der Waals surface area contributed by atoms with Gasteiger partial charge in [-0.05, 0) is 42.0 Å². The van der Waals surface area contributed by atoms with Crippen LogP contribution in [0, 0.1) is 5.82 Å². The van der Waals surface area contributed by atoms with Crippen molar-refractivity contribution in [3.8, 4) is 0 Å². The van der Waals surface area contributed by atoms with E-state index in [2.05, 4.69) is 17.4 Å². The Morgan fingerprint density at radius 2 is 1.69 bits per heavy atom. The predicted octanol–water partition coefficient (Wildman–Crippen LogP) is 6.43. The molecule has 3 aromatic rings. The summed E-state index contributed by atoms with van der Waals surface area (Å²) >= 11 is 9.32. The third-order valence-corrected chi connectivity index (χ3v) is 6.63. The van der Waals surface area contributed by atoms with Crippen molar-refractivity contribution in [2.75, 3.05) is 12.3 Å². The van der Waals surface area contributed by atoms with Gasteiger partial charge in [0.15, 0.2) is 0 Å². The maximum atomic E-state index is 13.7. The molecule has 0 radical (unpaired) electrons. The van der Waals surface area contributed by atoms with Gasteiger partial charge in [0.2, 0.25) is 0 Å². The van der Waals surface area contributed by atoms with Crippen molar-refractivity contribution in [2.24, 2.45) is 0 Å². The number of carbonyl (C=O) groups excluding carboxylic acids is 1.